The molecule has 4 nitrogen and oxygen atoms in total. The standard InChI is InChI=1S/C19H26N2O2/c22-19(13-15-5-6-18-16(12-15)7-11-23-18)21-10-3-4-17(21)14-20-8-1-2-9-20/h5-6,12,17H,1-4,7-11,13-14H2/t17-/m1/s1. The van der Waals surface area contributed by atoms with Crippen molar-refractivity contribution in [1.29, 1.82) is 0 Å². The third-order valence-electron chi connectivity index (χ3n) is 5.47. The van der Waals surface area contributed by atoms with Gasteiger partial charge in [-0.1, -0.05) is 12.1 Å². The number of ether oxygens (including phenoxy) is 1. The van der Waals surface area contributed by atoms with E-state index in [0.717, 1.165) is 43.9 Å². The molecule has 124 valence electrons. The smallest absolute Gasteiger partial charge is 0.227 e. The third-order valence-corrected chi connectivity index (χ3v) is 5.47. The molecule has 4 rings (SSSR count). The van der Waals surface area contributed by atoms with Crippen LogP contribution in [0.4, 0.5) is 0 Å². The second-order valence-electron chi connectivity index (χ2n) is 7.11. The van der Waals surface area contributed by atoms with Gasteiger partial charge in [0.25, 0.3) is 0 Å². The van der Waals surface area contributed by atoms with Crippen molar-refractivity contribution in [2.24, 2.45) is 0 Å². The molecule has 0 bridgehead atoms. The van der Waals surface area contributed by atoms with Crippen LogP contribution in [0, 0.1) is 0 Å². The molecule has 0 N–H and O–H groups in total. The fourth-order valence-electron chi connectivity index (χ4n) is 4.24. The average molecular weight is 314 g/mol. The third kappa shape index (κ3) is 3.23. The molecule has 0 spiro atoms. The highest BCUT2D eigenvalue weighted by molar-refractivity contribution is 5.79. The maximum atomic E-state index is 12.8. The van der Waals surface area contributed by atoms with Crippen molar-refractivity contribution in [2.45, 2.75) is 44.6 Å². The molecule has 0 aromatic heterocycles. The second-order valence-corrected chi connectivity index (χ2v) is 7.11. The van der Waals surface area contributed by atoms with Crippen molar-refractivity contribution in [2.75, 3.05) is 32.8 Å². The summed E-state index contributed by atoms with van der Waals surface area (Å²) in [4.78, 5) is 17.4. The number of nitrogens with zero attached hydrogens (tertiary/aromatic N) is 2. The molecule has 3 heterocycles. The van der Waals surface area contributed by atoms with Crippen molar-refractivity contribution in [3.8, 4) is 5.75 Å². The highest BCUT2D eigenvalue weighted by Crippen LogP contribution is 2.27. The zero-order valence-corrected chi connectivity index (χ0v) is 13.8. The summed E-state index contributed by atoms with van der Waals surface area (Å²) in [5.41, 5.74) is 2.39. The van der Waals surface area contributed by atoms with Gasteiger partial charge in [-0.3, -0.25) is 4.79 Å². The zero-order valence-electron chi connectivity index (χ0n) is 13.8. The molecule has 1 aromatic carbocycles. The van der Waals surface area contributed by atoms with E-state index in [4.69, 9.17) is 4.74 Å². The van der Waals surface area contributed by atoms with E-state index >= 15 is 0 Å². The number of likely N-dealkylation sites (tertiary alicyclic amines) is 2. The Hall–Kier alpha value is -1.55. The van der Waals surface area contributed by atoms with E-state index in [2.05, 4.69) is 15.9 Å². The molecular weight excluding hydrogens is 288 g/mol. The fourth-order valence-corrected chi connectivity index (χ4v) is 4.24. The van der Waals surface area contributed by atoms with Crippen LogP contribution in [-0.2, 0) is 17.6 Å². The largest absolute Gasteiger partial charge is 0.493 e. The van der Waals surface area contributed by atoms with Crippen LogP contribution in [0.2, 0.25) is 0 Å². The van der Waals surface area contributed by atoms with Gasteiger partial charge in [0, 0.05) is 25.6 Å². The Morgan fingerprint density at radius 2 is 2.04 bits per heavy atom. The van der Waals surface area contributed by atoms with Gasteiger partial charge in [-0.15, -0.1) is 0 Å². The Bertz CT molecular complexity index is 581. The van der Waals surface area contributed by atoms with Crippen LogP contribution in [0.15, 0.2) is 18.2 Å². The minimum Gasteiger partial charge on any atom is -0.493 e. The summed E-state index contributed by atoms with van der Waals surface area (Å²) in [6.45, 7) is 5.21. The van der Waals surface area contributed by atoms with Gasteiger partial charge in [0.15, 0.2) is 0 Å². The Balaban J connectivity index is 1.39. The van der Waals surface area contributed by atoms with E-state index in [1.54, 1.807) is 0 Å². The van der Waals surface area contributed by atoms with Gasteiger partial charge in [0.05, 0.1) is 13.0 Å². The van der Waals surface area contributed by atoms with Crippen molar-refractivity contribution in [1.82, 2.24) is 9.80 Å². The lowest BCUT2D eigenvalue weighted by molar-refractivity contribution is -0.131. The summed E-state index contributed by atoms with van der Waals surface area (Å²) in [5, 5.41) is 0. The fraction of sp³-hybridized carbons (Fsp3) is 0.632. The van der Waals surface area contributed by atoms with Crippen LogP contribution in [-0.4, -0.2) is 54.5 Å². The quantitative estimate of drug-likeness (QED) is 0.854. The Morgan fingerprint density at radius 3 is 2.91 bits per heavy atom. The van der Waals surface area contributed by atoms with Crippen molar-refractivity contribution in [3.63, 3.8) is 0 Å². The highest BCUT2D eigenvalue weighted by atomic mass is 16.5. The maximum Gasteiger partial charge on any atom is 0.227 e. The molecule has 3 aliphatic rings. The summed E-state index contributed by atoms with van der Waals surface area (Å²) in [6.07, 6.45) is 6.46. The molecule has 0 saturated carbocycles. The molecule has 1 atom stereocenters. The zero-order chi connectivity index (χ0) is 15.6. The van der Waals surface area contributed by atoms with Crippen LogP contribution in [0.25, 0.3) is 0 Å². The summed E-state index contributed by atoms with van der Waals surface area (Å²) < 4.78 is 5.55. The van der Waals surface area contributed by atoms with Gasteiger partial charge < -0.3 is 14.5 Å². The van der Waals surface area contributed by atoms with Gasteiger partial charge in [-0.05, 0) is 56.0 Å². The molecule has 0 radical (unpaired) electrons. The number of benzene rings is 1. The van der Waals surface area contributed by atoms with E-state index in [1.165, 1.54) is 37.9 Å². The molecule has 1 amide bonds. The first kappa shape index (κ1) is 15.0. The molecule has 2 fully saturated rings. The van der Waals surface area contributed by atoms with Gasteiger partial charge >= 0.3 is 0 Å². The molecule has 0 aliphatic carbocycles. The topological polar surface area (TPSA) is 32.8 Å². The van der Waals surface area contributed by atoms with E-state index in [0.29, 0.717) is 18.4 Å². The molecule has 3 aliphatic heterocycles. The normalized spacial score (nSPS) is 24.0. The molecule has 0 unspecified atom stereocenters. The van der Waals surface area contributed by atoms with Crippen molar-refractivity contribution in [3.05, 3.63) is 29.3 Å². The lowest BCUT2D eigenvalue weighted by Gasteiger charge is -2.28. The van der Waals surface area contributed by atoms with Gasteiger partial charge in [0.2, 0.25) is 5.91 Å². The average Bonchev–Trinajstić information content (AvgIpc) is 3.28. The summed E-state index contributed by atoms with van der Waals surface area (Å²) in [7, 11) is 0. The minimum absolute atomic E-state index is 0.297. The van der Waals surface area contributed by atoms with E-state index in [1.807, 2.05) is 12.1 Å². The van der Waals surface area contributed by atoms with Crippen LogP contribution >= 0.6 is 0 Å². The highest BCUT2D eigenvalue weighted by Gasteiger charge is 2.30. The SMILES string of the molecule is O=C(Cc1ccc2c(c1)CCO2)N1CCC[C@@H]1CN1CCCC1. The first-order valence-electron chi connectivity index (χ1n) is 9.06. The number of carbonyl (C=O) groups excluding carboxylic acids is 1. The van der Waals surface area contributed by atoms with Crippen LogP contribution in [0.5, 0.6) is 5.75 Å². The van der Waals surface area contributed by atoms with Crippen molar-refractivity contribution < 1.29 is 9.53 Å². The number of hydrogen-bond donors (Lipinski definition) is 0. The number of carbonyl (C=O) groups is 1. The lowest BCUT2D eigenvalue weighted by atomic mass is 10.1. The van der Waals surface area contributed by atoms with E-state index in [9.17, 15) is 4.79 Å². The molecule has 2 saturated heterocycles. The minimum atomic E-state index is 0.297. The van der Waals surface area contributed by atoms with E-state index < -0.39 is 0 Å². The molecule has 1 aromatic rings. The number of fused-ring (bicyclic) bond motifs is 1. The summed E-state index contributed by atoms with van der Waals surface area (Å²) >= 11 is 0. The Labute approximate surface area is 138 Å². The first-order chi connectivity index (χ1) is 11.3. The number of hydrogen-bond acceptors (Lipinski definition) is 3. The van der Waals surface area contributed by atoms with Crippen LogP contribution in [0.3, 0.4) is 0 Å². The van der Waals surface area contributed by atoms with Crippen LogP contribution < -0.4 is 4.74 Å². The summed E-state index contributed by atoms with van der Waals surface area (Å²) in [5.74, 6) is 1.29. The predicted octanol–water partition coefficient (Wildman–Crippen LogP) is 2.25. The number of rotatable bonds is 4. The molecular formula is C19H26N2O2. The van der Waals surface area contributed by atoms with Crippen molar-refractivity contribution >= 4 is 5.91 Å². The Kier molecular flexibility index (Phi) is 4.25. The van der Waals surface area contributed by atoms with Crippen LogP contribution in [0.1, 0.15) is 36.8 Å². The second kappa shape index (κ2) is 6.52. The van der Waals surface area contributed by atoms with Gasteiger partial charge in [-0.2, -0.15) is 0 Å². The monoisotopic (exact) mass is 314 g/mol. The Morgan fingerprint density at radius 1 is 1.17 bits per heavy atom. The van der Waals surface area contributed by atoms with E-state index in [-0.39, 0.29) is 0 Å². The van der Waals surface area contributed by atoms with Gasteiger partial charge in [-0.25, -0.2) is 0 Å². The summed E-state index contributed by atoms with van der Waals surface area (Å²) in [6, 6.07) is 6.66. The predicted molar refractivity (Wildman–Crippen MR) is 89.8 cm³/mol. The number of amides is 1. The first-order valence-corrected chi connectivity index (χ1v) is 9.06. The van der Waals surface area contributed by atoms with Gasteiger partial charge in [0.1, 0.15) is 5.75 Å². The maximum absolute atomic E-state index is 12.8. The molecule has 4 heteroatoms. The lowest BCUT2D eigenvalue weighted by Crippen LogP contribution is -2.43. The molecule has 23 heavy (non-hydrogen) atoms.